The van der Waals surface area contributed by atoms with Gasteiger partial charge in [0.25, 0.3) is 0 Å². The Morgan fingerprint density at radius 3 is 2.26 bits per heavy atom. The predicted octanol–water partition coefficient (Wildman–Crippen LogP) is 3.60. The van der Waals surface area contributed by atoms with Crippen molar-refractivity contribution in [2.45, 2.75) is 6.54 Å². The molecule has 0 fully saturated rings. The van der Waals surface area contributed by atoms with Gasteiger partial charge in [-0.1, -0.05) is 30.3 Å². The minimum atomic E-state index is -0.332. The molecule has 0 saturated carbocycles. The van der Waals surface area contributed by atoms with E-state index in [-0.39, 0.29) is 17.6 Å². The average Bonchev–Trinajstić information content (AvgIpc) is 2.46. The summed E-state index contributed by atoms with van der Waals surface area (Å²) < 4.78 is 12.9. The molecule has 4 heteroatoms. The number of anilines is 1. The largest absolute Gasteiger partial charge is 0.307 e. The highest BCUT2D eigenvalue weighted by molar-refractivity contribution is 6.29. The van der Waals surface area contributed by atoms with E-state index < -0.39 is 0 Å². The zero-order valence-corrected chi connectivity index (χ0v) is 11.0. The Morgan fingerprint density at radius 2 is 1.68 bits per heavy atom. The maximum absolute atomic E-state index is 12.9. The molecule has 0 bridgehead atoms. The van der Waals surface area contributed by atoms with Gasteiger partial charge < -0.3 is 4.90 Å². The molecule has 0 aromatic heterocycles. The number of rotatable bonds is 4. The van der Waals surface area contributed by atoms with Gasteiger partial charge in [0.15, 0.2) is 0 Å². The van der Waals surface area contributed by atoms with Gasteiger partial charge in [0.05, 0.1) is 6.54 Å². The van der Waals surface area contributed by atoms with Crippen LogP contribution in [0, 0.1) is 5.82 Å². The van der Waals surface area contributed by atoms with Gasteiger partial charge in [-0.2, -0.15) is 0 Å². The number of carbonyl (C=O) groups is 1. The van der Waals surface area contributed by atoms with E-state index in [4.69, 9.17) is 11.6 Å². The van der Waals surface area contributed by atoms with Crippen molar-refractivity contribution < 1.29 is 9.18 Å². The first-order valence-corrected chi connectivity index (χ1v) is 6.40. The third-order valence-corrected chi connectivity index (χ3v) is 2.97. The third-order valence-electron chi connectivity index (χ3n) is 2.74. The number of amides is 1. The third kappa shape index (κ3) is 3.55. The summed E-state index contributed by atoms with van der Waals surface area (Å²) in [6.45, 7) is 0.415. The molecule has 2 aromatic rings. The smallest absolute Gasteiger partial charge is 0.242 e. The summed E-state index contributed by atoms with van der Waals surface area (Å²) in [4.78, 5) is 13.4. The average molecular weight is 278 g/mol. The van der Waals surface area contributed by atoms with Gasteiger partial charge >= 0.3 is 0 Å². The fourth-order valence-corrected chi connectivity index (χ4v) is 1.93. The fraction of sp³-hybridized carbons (Fsp3) is 0.133. The van der Waals surface area contributed by atoms with E-state index in [9.17, 15) is 9.18 Å². The van der Waals surface area contributed by atoms with E-state index in [2.05, 4.69) is 0 Å². The van der Waals surface area contributed by atoms with Crippen molar-refractivity contribution in [2.24, 2.45) is 0 Å². The van der Waals surface area contributed by atoms with Crippen LogP contribution in [0.3, 0.4) is 0 Å². The van der Waals surface area contributed by atoms with Crippen LogP contribution >= 0.6 is 11.6 Å². The highest BCUT2D eigenvalue weighted by Crippen LogP contribution is 2.18. The Labute approximate surface area is 116 Å². The van der Waals surface area contributed by atoms with Gasteiger partial charge in [-0.15, -0.1) is 11.6 Å². The van der Waals surface area contributed by atoms with Crippen molar-refractivity contribution in [3.05, 3.63) is 66.0 Å². The molecule has 0 aliphatic carbocycles. The number of nitrogens with zero attached hydrogens (tertiary/aromatic N) is 1. The first-order valence-electron chi connectivity index (χ1n) is 5.86. The summed E-state index contributed by atoms with van der Waals surface area (Å²) in [5, 5.41) is 0. The van der Waals surface area contributed by atoms with Crippen LogP contribution in [0.25, 0.3) is 0 Å². The lowest BCUT2D eigenvalue weighted by molar-refractivity contribution is -0.116. The number of alkyl halides is 1. The number of carbonyl (C=O) groups excluding carboxylic acids is 1. The van der Waals surface area contributed by atoms with E-state index in [1.807, 2.05) is 30.3 Å². The molecule has 0 aliphatic heterocycles. The minimum absolute atomic E-state index is 0.107. The van der Waals surface area contributed by atoms with Crippen molar-refractivity contribution in [1.29, 1.82) is 0 Å². The maximum Gasteiger partial charge on any atom is 0.242 e. The van der Waals surface area contributed by atoms with Crippen molar-refractivity contribution in [3.63, 3.8) is 0 Å². The Balaban J connectivity index is 2.26. The summed E-state index contributed by atoms with van der Waals surface area (Å²) in [5.74, 6) is -0.650. The molecule has 19 heavy (non-hydrogen) atoms. The molecule has 1 amide bonds. The van der Waals surface area contributed by atoms with E-state index in [1.54, 1.807) is 17.0 Å². The maximum atomic E-state index is 12.9. The summed E-state index contributed by atoms with van der Waals surface area (Å²) in [6, 6.07) is 15.4. The van der Waals surface area contributed by atoms with Crippen LogP contribution in [0.5, 0.6) is 0 Å². The van der Waals surface area contributed by atoms with Crippen LogP contribution in [-0.4, -0.2) is 11.8 Å². The van der Waals surface area contributed by atoms with Gasteiger partial charge in [-0.25, -0.2) is 4.39 Å². The normalized spacial score (nSPS) is 10.2. The number of halogens is 2. The molecular formula is C15H13ClFNO. The van der Waals surface area contributed by atoms with Crippen molar-refractivity contribution in [2.75, 3.05) is 10.8 Å². The molecule has 2 rings (SSSR count). The van der Waals surface area contributed by atoms with Gasteiger partial charge in [0.2, 0.25) is 5.91 Å². The number of hydrogen-bond acceptors (Lipinski definition) is 1. The second-order valence-corrected chi connectivity index (χ2v) is 4.34. The molecule has 0 saturated heterocycles. The van der Waals surface area contributed by atoms with Gasteiger partial charge in [0.1, 0.15) is 11.7 Å². The molecule has 2 aromatic carbocycles. The monoisotopic (exact) mass is 277 g/mol. The number of benzene rings is 2. The minimum Gasteiger partial charge on any atom is -0.307 e. The predicted molar refractivity (Wildman–Crippen MR) is 74.8 cm³/mol. The zero-order chi connectivity index (χ0) is 13.7. The molecule has 0 N–H and O–H groups in total. The summed E-state index contributed by atoms with van der Waals surface area (Å²) in [5.41, 5.74) is 1.63. The topological polar surface area (TPSA) is 20.3 Å². The molecule has 2 nitrogen and oxygen atoms in total. The SMILES string of the molecule is O=C(CCl)N(Cc1ccccc1)c1ccc(F)cc1. The summed E-state index contributed by atoms with van der Waals surface area (Å²) in [7, 11) is 0. The quantitative estimate of drug-likeness (QED) is 0.782. The van der Waals surface area contributed by atoms with Crippen molar-refractivity contribution >= 4 is 23.2 Å². The Hall–Kier alpha value is -1.87. The van der Waals surface area contributed by atoms with Gasteiger partial charge in [0, 0.05) is 5.69 Å². The summed E-state index contributed by atoms with van der Waals surface area (Å²) >= 11 is 5.63. The lowest BCUT2D eigenvalue weighted by atomic mass is 10.2. The highest BCUT2D eigenvalue weighted by atomic mass is 35.5. The Morgan fingerprint density at radius 1 is 1.05 bits per heavy atom. The van der Waals surface area contributed by atoms with E-state index in [0.29, 0.717) is 12.2 Å². The summed E-state index contributed by atoms with van der Waals surface area (Å²) in [6.07, 6.45) is 0. The first kappa shape index (κ1) is 13.6. The van der Waals surface area contributed by atoms with Gasteiger partial charge in [-0.05, 0) is 29.8 Å². The standard InChI is InChI=1S/C15H13ClFNO/c16-10-15(19)18(11-12-4-2-1-3-5-12)14-8-6-13(17)7-9-14/h1-9H,10-11H2. The highest BCUT2D eigenvalue weighted by Gasteiger charge is 2.15. The van der Waals surface area contributed by atoms with Crippen molar-refractivity contribution in [1.82, 2.24) is 0 Å². The van der Waals surface area contributed by atoms with Gasteiger partial charge in [-0.3, -0.25) is 4.79 Å². The molecule has 98 valence electrons. The second-order valence-electron chi connectivity index (χ2n) is 4.08. The van der Waals surface area contributed by atoms with Crippen LogP contribution in [0.1, 0.15) is 5.56 Å². The molecule has 0 atom stereocenters. The molecular weight excluding hydrogens is 265 g/mol. The first-order chi connectivity index (χ1) is 9.20. The lowest BCUT2D eigenvalue weighted by Crippen LogP contribution is -2.31. The van der Waals surface area contributed by atoms with Crippen LogP contribution in [0.4, 0.5) is 10.1 Å². The molecule has 0 radical (unpaired) electrons. The van der Waals surface area contributed by atoms with Crippen LogP contribution in [-0.2, 0) is 11.3 Å². The van der Waals surface area contributed by atoms with Crippen LogP contribution in [0.2, 0.25) is 0 Å². The second kappa shape index (κ2) is 6.34. The van der Waals surface area contributed by atoms with E-state index in [1.165, 1.54) is 12.1 Å². The van der Waals surface area contributed by atoms with Crippen molar-refractivity contribution in [3.8, 4) is 0 Å². The zero-order valence-electron chi connectivity index (χ0n) is 10.2. The Bertz CT molecular complexity index is 542. The number of hydrogen-bond donors (Lipinski definition) is 0. The molecule has 0 heterocycles. The molecule has 0 spiro atoms. The van der Waals surface area contributed by atoms with E-state index in [0.717, 1.165) is 5.56 Å². The fourth-order valence-electron chi connectivity index (χ4n) is 1.78. The molecule has 0 aliphatic rings. The van der Waals surface area contributed by atoms with E-state index >= 15 is 0 Å². The van der Waals surface area contributed by atoms with Crippen LogP contribution in [0.15, 0.2) is 54.6 Å². The Kier molecular flexibility index (Phi) is 4.53. The lowest BCUT2D eigenvalue weighted by Gasteiger charge is -2.22. The van der Waals surface area contributed by atoms with Crippen LogP contribution < -0.4 is 4.90 Å². The molecule has 0 unspecified atom stereocenters.